The number of carbonyl (C=O) groups is 2. The van der Waals surface area contributed by atoms with E-state index in [2.05, 4.69) is 0 Å². The summed E-state index contributed by atoms with van der Waals surface area (Å²) in [5.41, 5.74) is 17.8. The topological polar surface area (TPSA) is 182 Å². The van der Waals surface area contributed by atoms with Crippen molar-refractivity contribution in [2.24, 2.45) is 11.5 Å². The predicted octanol–water partition coefficient (Wildman–Crippen LogP) is -3.43. The van der Waals surface area contributed by atoms with Crippen LogP contribution in [0.1, 0.15) is 0 Å². The summed E-state index contributed by atoms with van der Waals surface area (Å²) in [6.07, 6.45) is 1.79. The minimum atomic E-state index is -0.673. The lowest BCUT2D eigenvalue weighted by molar-refractivity contribution is -0.119. The van der Waals surface area contributed by atoms with Crippen LogP contribution in [0.15, 0.2) is 12.2 Å². The Morgan fingerprint density at radius 1 is 0.812 bits per heavy atom. The molecule has 0 aliphatic rings. The summed E-state index contributed by atoms with van der Waals surface area (Å²) in [6.45, 7) is 0. The molecule has 0 radical (unpaired) electrons. The number of hydrazine groups is 2. The van der Waals surface area contributed by atoms with Gasteiger partial charge in [-0.1, -0.05) is 0 Å². The third kappa shape index (κ3) is 7.85. The summed E-state index contributed by atoms with van der Waals surface area (Å²) < 4.78 is 0. The van der Waals surface area contributed by atoms with Gasteiger partial charge in [0.25, 0.3) is 11.8 Å². The SMILES string of the molecule is N=C(N)NNC(=O)/C=C\C(=O)NNC(=N)N. The van der Waals surface area contributed by atoms with Crippen LogP contribution in [0, 0.1) is 10.8 Å². The summed E-state index contributed by atoms with van der Waals surface area (Å²) >= 11 is 0. The third-order valence-electron chi connectivity index (χ3n) is 1.03. The number of amides is 2. The molecule has 0 heterocycles. The molecule has 16 heavy (non-hydrogen) atoms. The first kappa shape index (κ1) is 13.2. The molecule has 0 aromatic heterocycles. The zero-order chi connectivity index (χ0) is 12.6. The maximum atomic E-state index is 10.9. The van der Waals surface area contributed by atoms with Gasteiger partial charge in [-0.2, -0.15) is 0 Å². The second-order valence-corrected chi connectivity index (χ2v) is 2.39. The van der Waals surface area contributed by atoms with Gasteiger partial charge in [0.05, 0.1) is 0 Å². The van der Waals surface area contributed by atoms with Gasteiger partial charge in [0, 0.05) is 12.2 Å². The van der Waals surface area contributed by atoms with E-state index < -0.39 is 23.7 Å². The highest BCUT2D eigenvalue weighted by Crippen LogP contribution is 1.72. The van der Waals surface area contributed by atoms with Crippen molar-refractivity contribution in [3.05, 3.63) is 12.2 Å². The van der Waals surface area contributed by atoms with E-state index in [1.165, 1.54) is 0 Å². The first-order valence-electron chi connectivity index (χ1n) is 3.90. The summed E-state index contributed by atoms with van der Waals surface area (Å²) in [6, 6.07) is 0. The van der Waals surface area contributed by atoms with Gasteiger partial charge in [0.15, 0.2) is 0 Å². The van der Waals surface area contributed by atoms with Crippen LogP contribution in [0.2, 0.25) is 0 Å². The lowest BCUT2D eigenvalue weighted by Gasteiger charge is -2.03. The lowest BCUT2D eigenvalue weighted by Crippen LogP contribution is -2.45. The van der Waals surface area contributed by atoms with Crippen LogP contribution in [-0.4, -0.2) is 23.7 Å². The number of carbonyl (C=O) groups excluding carboxylic acids is 2. The van der Waals surface area contributed by atoms with Gasteiger partial charge < -0.3 is 11.5 Å². The first-order chi connectivity index (χ1) is 7.41. The molecular formula is C6H12N8O2. The molecule has 0 aliphatic heterocycles. The zero-order valence-electron chi connectivity index (χ0n) is 8.13. The van der Waals surface area contributed by atoms with Crippen LogP contribution in [0.4, 0.5) is 0 Å². The maximum Gasteiger partial charge on any atom is 0.262 e. The van der Waals surface area contributed by atoms with Gasteiger partial charge in [0.2, 0.25) is 11.9 Å². The molecule has 0 atom stereocenters. The Bertz CT molecular complexity index is 303. The van der Waals surface area contributed by atoms with Crippen molar-refractivity contribution in [2.45, 2.75) is 0 Å². The van der Waals surface area contributed by atoms with E-state index in [4.69, 9.17) is 22.3 Å². The second kappa shape index (κ2) is 6.64. The molecule has 2 amide bonds. The number of rotatable bonds is 2. The van der Waals surface area contributed by atoms with E-state index >= 15 is 0 Å². The lowest BCUT2D eigenvalue weighted by atomic mass is 10.4. The van der Waals surface area contributed by atoms with Crippen LogP contribution in [-0.2, 0) is 9.59 Å². The monoisotopic (exact) mass is 228 g/mol. The Morgan fingerprint density at radius 2 is 1.12 bits per heavy atom. The summed E-state index contributed by atoms with van der Waals surface area (Å²) in [5, 5.41) is 13.4. The van der Waals surface area contributed by atoms with E-state index in [0.717, 1.165) is 12.2 Å². The van der Waals surface area contributed by atoms with Gasteiger partial charge >= 0.3 is 0 Å². The van der Waals surface area contributed by atoms with Crippen LogP contribution in [0.25, 0.3) is 0 Å². The van der Waals surface area contributed by atoms with Crippen LogP contribution >= 0.6 is 0 Å². The molecule has 0 aromatic carbocycles. The van der Waals surface area contributed by atoms with Gasteiger partial charge in [-0.3, -0.25) is 42.1 Å². The largest absolute Gasteiger partial charge is 0.369 e. The minimum absolute atomic E-state index is 0.440. The summed E-state index contributed by atoms with van der Waals surface area (Å²) in [7, 11) is 0. The molecule has 0 rings (SSSR count). The summed E-state index contributed by atoms with van der Waals surface area (Å²) in [4.78, 5) is 21.8. The average Bonchev–Trinajstić information content (AvgIpc) is 2.20. The van der Waals surface area contributed by atoms with E-state index in [1.54, 1.807) is 0 Å². The van der Waals surface area contributed by atoms with Crippen molar-refractivity contribution in [1.29, 1.82) is 10.8 Å². The average molecular weight is 228 g/mol. The number of nitrogens with one attached hydrogen (secondary N) is 6. The fourth-order valence-corrected chi connectivity index (χ4v) is 0.493. The van der Waals surface area contributed by atoms with Crippen molar-refractivity contribution >= 4 is 23.7 Å². The van der Waals surface area contributed by atoms with Crippen molar-refractivity contribution < 1.29 is 9.59 Å². The Kier molecular flexibility index (Phi) is 5.49. The molecule has 0 bridgehead atoms. The number of guanidine groups is 2. The van der Waals surface area contributed by atoms with E-state index in [1.807, 2.05) is 21.7 Å². The number of hydrogen-bond acceptors (Lipinski definition) is 4. The predicted molar refractivity (Wildman–Crippen MR) is 55.5 cm³/mol. The van der Waals surface area contributed by atoms with E-state index in [-0.39, 0.29) is 0 Å². The van der Waals surface area contributed by atoms with Gasteiger partial charge in [0.1, 0.15) is 0 Å². The molecule has 0 saturated carbocycles. The molecule has 88 valence electrons. The van der Waals surface area contributed by atoms with Gasteiger partial charge in [-0.05, 0) is 0 Å². The van der Waals surface area contributed by atoms with Crippen molar-refractivity contribution in [1.82, 2.24) is 21.7 Å². The minimum Gasteiger partial charge on any atom is -0.369 e. The number of hydrogen-bond donors (Lipinski definition) is 8. The van der Waals surface area contributed by atoms with Crippen molar-refractivity contribution in [3.8, 4) is 0 Å². The molecule has 10 N–H and O–H groups in total. The van der Waals surface area contributed by atoms with Crippen LogP contribution in [0.5, 0.6) is 0 Å². The Labute approximate surface area is 90.4 Å². The van der Waals surface area contributed by atoms with Gasteiger partial charge in [-0.15, -0.1) is 0 Å². The molecule has 0 saturated heterocycles. The highest BCUT2D eigenvalue weighted by Gasteiger charge is 1.97. The molecular weight excluding hydrogens is 216 g/mol. The molecule has 0 aliphatic carbocycles. The van der Waals surface area contributed by atoms with E-state index in [0.29, 0.717) is 0 Å². The highest BCUT2D eigenvalue weighted by atomic mass is 16.2. The standard InChI is InChI=1S/C6H12N8O2/c7-5(8)13-11-3(15)1-2-4(16)12-14-6(9)10/h1-2H,(H,11,15)(H,12,16)(H4,7,8,13)(H4,9,10,14)/b2-1-. The molecule has 0 unspecified atom stereocenters. The molecule has 10 heteroatoms. The van der Waals surface area contributed by atoms with Crippen LogP contribution in [0.3, 0.4) is 0 Å². The number of nitrogens with two attached hydrogens (primary N) is 2. The maximum absolute atomic E-state index is 10.9. The molecule has 0 spiro atoms. The quantitative estimate of drug-likeness (QED) is 0.105. The Balaban J connectivity index is 3.88. The zero-order valence-corrected chi connectivity index (χ0v) is 8.13. The first-order valence-corrected chi connectivity index (χ1v) is 3.90. The third-order valence-corrected chi connectivity index (χ3v) is 1.03. The van der Waals surface area contributed by atoms with E-state index in [9.17, 15) is 9.59 Å². The fraction of sp³-hybridized carbons (Fsp3) is 0. The smallest absolute Gasteiger partial charge is 0.262 e. The molecule has 10 nitrogen and oxygen atoms in total. The Morgan fingerprint density at radius 3 is 1.38 bits per heavy atom. The fourth-order valence-electron chi connectivity index (χ4n) is 0.493. The van der Waals surface area contributed by atoms with Crippen molar-refractivity contribution in [2.75, 3.05) is 0 Å². The van der Waals surface area contributed by atoms with Crippen molar-refractivity contribution in [3.63, 3.8) is 0 Å². The van der Waals surface area contributed by atoms with Gasteiger partial charge in [-0.25, -0.2) is 0 Å². The Hall–Kier alpha value is -2.78. The normalized spacial score (nSPS) is 9.25. The molecule has 0 aromatic rings. The second-order valence-electron chi connectivity index (χ2n) is 2.39. The molecule has 0 fully saturated rings. The van der Waals surface area contributed by atoms with Crippen LogP contribution < -0.4 is 33.2 Å². The highest BCUT2D eigenvalue weighted by molar-refractivity contribution is 5.97. The summed E-state index contributed by atoms with van der Waals surface area (Å²) in [5.74, 6) is -2.23.